The molecule has 0 spiro atoms. The number of hydrogen-bond acceptors (Lipinski definition) is 3. The van der Waals surface area contributed by atoms with E-state index in [1.165, 1.54) is 19.3 Å². The van der Waals surface area contributed by atoms with Crippen LogP contribution in [0.5, 0.6) is 0 Å². The van der Waals surface area contributed by atoms with Crippen molar-refractivity contribution in [3.63, 3.8) is 0 Å². The quantitative estimate of drug-likeness (QED) is 0.502. The van der Waals surface area contributed by atoms with Crippen molar-refractivity contribution >= 4 is 10.3 Å². The van der Waals surface area contributed by atoms with Gasteiger partial charge in [0.2, 0.25) is 0 Å². The lowest BCUT2D eigenvalue weighted by Crippen LogP contribution is -2.16. The van der Waals surface area contributed by atoms with E-state index < -0.39 is 10.3 Å². The van der Waals surface area contributed by atoms with E-state index in [0.29, 0.717) is 6.42 Å². The number of hydrogen-bond donors (Lipinski definition) is 1. The summed E-state index contributed by atoms with van der Waals surface area (Å²) in [6.07, 6.45) is 10.0. The smallest absolute Gasteiger partial charge is 0.258 e. The normalized spacial score (nSPS) is 10.9. The van der Waals surface area contributed by atoms with Gasteiger partial charge in [0.1, 0.15) is 0 Å². The van der Waals surface area contributed by atoms with E-state index in [1.54, 1.807) is 0 Å². The molecule has 0 aromatic carbocycles. The predicted octanol–water partition coefficient (Wildman–Crippen LogP) is 2.28. The summed E-state index contributed by atoms with van der Waals surface area (Å²) in [5.41, 5.74) is 3.06. The van der Waals surface area contributed by atoms with Gasteiger partial charge in [0, 0.05) is 0 Å². The lowest BCUT2D eigenvalue weighted by atomic mass is 10.2. The van der Waals surface area contributed by atoms with Gasteiger partial charge in [-0.15, -0.1) is 5.73 Å². The van der Waals surface area contributed by atoms with Crippen molar-refractivity contribution in [3.05, 3.63) is 17.9 Å². The van der Waals surface area contributed by atoms with Crippen molar-refractivity contribution in [3.8, 4) is 0 Å². The molecule has 0 saturated heterocycles. The Hall–Kier alpha value is -0.610. The third-order valence-corrected chi connectivity index (χ3v) is 2.42. The molecule has 0 aliphatic rings. The predicted molar refractivity (Wildman–Crippen MR) is 65.1 cm³/mol. The van der Waals surface area contributed by atoms with Crippen LogP contribution < -0.4 is 5.14 Å². The Kier molecular flexibility index (Phi) is 9.24. The van der Waals surface area contributed by atoms with Gasteiger partial charge in [-0.2, -0.15) is 8.42 Å². The first-order chi connectivity index (χ1) is 7.56. The van der Waals surface area contributed by atoms with Gasteiger partial charge in [-0.3, -0.25) is 4.18 Å². The van der Waals surface area contributed by atoms with Crippen LogP contribution in [-0.4, -0.2) is 15.0 Å². The highest BCUT2D eigenvalue weighted by Gasteiger charge is 1.99. The Bertz CT molecular complexity index is 316. The van der Waals surface area contributed by atoms with Crippen molar-refractivity contribution in [1.29, 1.82) is 0 Å². The van der Waals surface area contributed by atoms with E-state index >= 15 is 0 Å². The highest BCUT2D eigenvalue weighted by atomic mass is 32.2. The molecule has 0 fully saturated rings. The summed E-state index contributed by atoms with van der Waals surface area (Å²) in [5, 5.41) is 4.66. The fourth-order valence-corrected chi connectivity index (χ4v) is 1.46. The van der Waals surface area contributed by atoms with E-state index in [4.69, 9.17) is 0 Å². The van der Waals surface area contributed by atoms with Crippen molar-refractivity contribution in [2.45, 2.75) is 45.4 Å². The second-order valence-corrected chi connectivity index (χ2v) is 4.75. The maximum atomic E-state index is 10.4. The number of unbranched alkanes of at least 4 members (excludes halogenated alkanes) is 4. The summed E-state index contributed by atoms with van der Waals surface area (Å²) in [5.74, 6) is 0. The summed E-state index contributed by atoms with van der Waals surface area (Å²) in [7, 11) is -3.77. The summed E-state index contributed by atoms with van der Waals surface area (Å²) in [6, 6.07) is 0. The van der Waals surface area contributed by atoms with E-state index in [1.807, 2.05) is 12.2 Å². The minimum atomic E-state index is -3.77. The molecule has 16 heavy (non-hydrogen) atoms. The molecule has 0 aromatic rings. The Morgan fingerprint density at radius 1 is 1.19 bits per heavy atom. The third-order valence-electron chi connectivity index (χ3n) is 1.93. The zero-order chi connectivity index (χ0) is 12.3. The van der Waals surface area contributed by atoms with Crippen molar-refractivity contribution in [1.82, 2.24) is 0 Å². The first-order valence-corrected chi connectivity index (χ1v) is 7.10. The van der Waals surface area contributed by atoms with Crippen LogP contribution in [0.4, 0.5) is 0 Å². The van der Waals surface area contributed by atoms with Crippen LogP contribution in [0.1, 0.15) is 45.4 Å². The molecule has 0 aliphatic carbocycles. The van der Waals surface area contributed by atoms with E-state index in [-0.39, 0.29) is 6.61 Å². The molecule has 0 atom stereocenters. The second-order valence-electron chi connectivity index (χ2n) is 3.53. The van der Waals surface area contributed by atoms with Crippen molar-refractivity contribution in [2.75, 3.05) is 6.61 Å². The molecule has 0 aromatic heterocycles. The second kappa shape index (κ2) is 9.60. The van der Waals surface area contributed by atoms with Gasteiger partial charge < -0.3 is 0 Å². The Balaban J connectivity index is 3.40. The maximum Gasteiger partial charge on any atom is 0.333 e. The molecule has 5 heteroatoms. The number of allylic oxidation sites excluding steroid dienone is 1. The molecule has 0 amide bonds. The van der Waals surface area contributed by atoms with Crippen LogP contribution in [0.15, 0.2) is 17.9 Å². The van der Waals surface area contributed by atoms with Crippen molar-refractivity contribution < 1.29 is 12.6 Å². The van der Waals surface area contributed by atoms with E-state index in [0.717, 1.165) is 12.8 Å². The van der Waals surface area contributed by atoms with Gasteiger partial charge in [-0.05, 0) is 37.8 Å². The fraction of sp³-hybridized carbons (Fsp3) is 0.727. The average Bonchev–Trinajstić information content (AvgIpc) is 2.19. The lowest BCUT2D eigenvalue weighted by Gasteiger charge is -1.96. The van der Waals surface area contributed by atoms with Crippen LogP contribution in [0, 0.1) is 0 Å². The summed E-state index contributed by atoms with van der Waals surface area (Å²) >= 11 is 0. The summed E-state index contributed by atoms with van der Waals surface area (Å²) in [6.45, 7) is 2.30. The standard InChI is InChI=1S/C11H21NO3S/c1-2-3-4-5-6-7-8-9-10-11-15-16(12,13)14/h6,8H,2-5,9-11H2,1H3,(H2,12,13,14). The lowest BCUT2D eigenvalue weighted by molar-refractivity contribution is 0.314. The molecule has 4 nitrogen and oxygen atoms in total. The molecular weight excluding hydrogens is 226 g/mol. The molecule has 2 N–H and O–H groups in total. The molecule has 0 rings (SSSR count). The number of nitrogens with two attached hydrogens (primary N) is 1. The third kappa shape index (κ3) is 13.4. The van der Waals surface area contributed by atoms with Crippen LogP contribution in [0.3, 0.4) is 0 Å². The molecule has 0 radical (unpaired) electrons. The molecule has 0 heterocycles. The zero-order valence-corrected chi connectivity index (χ0v) is 10.6. The molecule has 0 saturated carbocycles. The van der Waals surface area contributed by atoms with Crippen LogP contribution in [0.25, 0.3) is 0 Å². The van der Waals surface area contributed by atoms with E-state index in [9.17, 15) is 8.42 Å². The highest BCUT2D eigenvalue weighted by Crippen LogP contribution is 1.99. The Morgan fingerprint density at radius 2 is 1.81 bits per heavy atom. The molecule has 0 bridgehead atoms. The minimum Gasteiger partial charge on any atom is -0.258 e. The van der Waals surface area contributed by atoms with Crippen molar-refractivity contribution in [2.24, 2.45) is 5.14 Å². The van der Waals surface area contributed by atoms with Crippen LogP contribution in [0.2, 0.25) is 0 Å². The fourth-order valence-electron chi connectivity index (χ4n) is 1.11. The summed E-state index contributed by atoms with van der Waals surface area (Å²) < 4.78 is 25.2. The van der Waals surface area contributed by atoms with Gasteiger partial charge >= 0.3 is 10.3 Å². The first-order valence-electron chi connectivity index (χ1n) is 5.63. The molecule has 0 unspecified atom stereocenters. The largest absolute Gasteiger partial charge is 0.333 e. The average molecular weight is 247 g/mol. The molecule has 94 valence electrons. The first kappa shape index (κ1) is 15.4. The van der Waals surface area contributed by atoms with Gasteiger partial charge in [-0.25, -0.2) is 5.14 Å². The SMILES string of the molecule is CCCCCC=C=CCCCOS(N)(=O)=O. The van der Waals surface area contributed by atoms with Gasteiger partial charge in [0.05, 0.1) is 6.61 Å². The van der Waals surface area contributed by atoms with Crippen LogP contribution >= 0.6 is 0 Å². The van der Waals surface area contributed by atoms with Gasteiger partial charge in [0.15, 0.2) is 0 Å². The minimum absolute atomic E-state index is 0.132. The zero-order valence-electron chi connectivity index (χ0n) is 9.81. The maximum absolute atomic E-state index is 10.4. The molecular formula is C11H21NO3S. The topological polar surface area (TPSA) is 69.4 Å². The Labute approximate surface area is 98.4 Å². The summed E-state index contributed by atoms with van der Waals surface area (Å²) in [4.78, 5) is 0. The Morgan fingerprint density at radius 3 is 2.38 bits per heavy atom. The van der Waals surface area contributed by atoms with E-state index in [2.05, 4.69) is 22.0 Å². The van der Waals surface area contributed by atoms with Gasteiger partial charge in [0.25, 0.3) is 0 Å². The highest BCUT2D eigenvalue weighted by molar-refractivity contribution is 7.84. The van der Waals surface area contributed by atoms with Gasteiger partial charge in [-0.1, -0.05) is 19.8 Å². The number of rotatable bonds is 9. The monoisotopic (exact) mass is 247 g/mol. The molecule has 0 aliphatic heterocycles. The van der Waals surface area contributed by atoms with Crippen LogP contribution in [-0.2, 0) is 14.5 Å².